The van der Waals surface area contributed by atoms with E-state index in [-0.39, 0.29) is 5.91 Å². The second kappa shape index (κ2) is 9.08. The lowest BCUT2D eigenvalue weighted by atomic mass is 10.2. The predicted octanol–water partition coefficient (Wildman–Crippen LogP) is 3.63. The predicted molar refractivity (Wildman–Crippen MR) is 99.9 cm³/mol. The Kier molecular flexibility index (Phi) is 6.82. The third-order valence-electron chi connectivity index (χ3n) is 3.27. The van der Waals surface area contributed by atoms with Crippen molar-refractivity contribution in [1.82, 2.24) is 5.43 Å². The van der Waals surface area contributed by atoms with Gasteiger partial charge >= 0.3 is 0 Å². The summed E-state index contributed by atoms with van der Waals surface area (Å²) in [6.07, 6.45) is 1.53. The SMILES string of the molecule is CCOc1ccc(/C=N\NC(=O)c2cc(Br)ccc2OC)cc1OC. The van der Waals surface area contributed by atoms with Crippen LogP contribution in [0.3, 0.4) is 0 Å². The molecule has 1 N–H and O–H groups in total. The van der Waals surface area contributed by atoms with Gasteiger partial charge in [0.25, 0.3) is 5.91 Å². The Bertz CT molecular complexity index is 778. The average molecular weight is 407 g/mol. The van der Waals surface area contributed by atoms with Crippen LogP contribution in [0.2, 0.25) is 0 Å². The van der Waals surface area contributed by atoms with Crippen molar-refractivity contribution in [3.05, 3.63) is 52.0 Å². The van der Waals surface area contributed by atoms with Gasteiger partial charge in [0, 0.05) is 4.47 Å². The van der Waals surface area contributed by atoms with Crippen LogP contribution >= 0.6 is 15.9 Å². The van der Waals surface area contributed by atoms with Gasteiger partial charge in [-0.1, -0.05) is 15.9 Å². The van der Waals surface area contributed by atoms with E-state index < -0.39 is 0 Å². The van der Waals surface area contributed by atoms with Gasteiger partial charge in [-0.05, 0) is 48.9 Å². The van der Waals surface area contributed by atoms with Crippen molar-refractivity contribution in [1.29, 1.82) is 0 Å². The molecular formula is C18H19BrN2O4. The molecule has 0 unspecified atom stereocenters. The van der Waals surface area contributed by atoms with E-state index in [2.05, 4.69) is 26.5 Å². The summed E-state index contributed by atoms with van der Waals surface area (Å²) in [6, 6.07) is 10.6. The number of carbonyl (C=O) groups excluding carboxylic acids is 1. The number of methoxy groups -OCH3 is 2. The van der Waals surface area contributed by atoms with Gasteiger partial charge in [-0.3, -0.25) is 4.79 Å². The second-order valence-electron chi connectivity index (χ2n) is 4.89. The van der Waals surface area contributed by atoms with Gasteiger partial charge in [-0.2, -0.15) is 5.10 Å². The quantitative estimate of drug-likeness (QED) is 0.562. The number of rotatable bonds is 7. The Hall–Kier alpha value is -2.54. The molecule has 132 valence electrons. The molecule has 2 aromatic rings. The number of amides is 1. The maximum absolute atomic E-state index is 12.3. The smallest absolute Gasteiger partial charge is 0.275 e. The summed E-state index contributed by atoms with van der Waals surface area (Å²) in [7, 11) is 3.08. The lowest BCUT2D eigenvalue weighted by Crippen LogP contribution is -2.18. The van der Waals surface area contributed by atoms with Crippen LogP contribution in [0.5, 0.6) is 17.2 Å². The van der Waals surface area contributed by atoms with Gasteiger partial charge in [0.2, 0.25) is 0 Å². The molecule has 0 spiro atoms. The average Bonchev–Trinajstić information content (AvgIpc) is 2.62. The number of nitrogens with one attached hydrogen (secondary N) is 1. The molecule has 0 bridgehead atoms. The van der Waals surface area contributed by atoms with Gasteiger partial charge in [-0.25, -0.2) is 5.43 Å². The Morgan fingerprint density at radius 1 is 1.12 bits per heavy atom. The molecule has 0 aliphatic rings. The largest absolute Gasteiger partial charge is 0.496 e. The van der Waals surface area contributed by atoms with Crippen LogP contribution in [0.15, 0.2) is 46.0 Å². The molecule has 0 aliphatic carbocycles. The molecule has 7 heteroatoms. The maximum atomic E-state index is 12.3. The van der Waals surface area contributed by atoms with E-state index in [9.17, 15) is 4.79 Å². The molecule has 0 atom stereocenters. The molecule has 0 aromatic heterocycles. The number of carbonyl (C=O) groups is 1. The standard InChI is InChI=1S/C18H19BrN2O4/c1-4-25-16-7-5-12(9-17(16)24-3)11-20-21-18(22)14-10-13(19)6-8-15(14)23-2/h5-11H,4H2,1-3H3,(H,21,22)/b20-11-. The van der Waals surface area contributed by atoms with Gasteiger partial charge in [0.15, 0.2) is 11.5 Å². The first-order valence-corrected chi connectivity index (χ1v) is 8.36. The minimum absolute atomic E-state index is 0.368. The highest BCUT2D eigenvalue weighted by atomic mass is 79.9. The van der Waals surface area contributed by atoms with Crippen molar-refractivity contribution >= 4 is 28.1 Å². The molecule has 0 heterocycles. The van der Waals surface area contributed by atoms with Crippen molar-refractivity contribution in [3.8, 4) is 17.2 Å². The zero-order valence-corrected chi connectivity index (χ0v) is 15.8. The Morgan fingerprint density at radius 3 is 2.52 bits per heavy atom. The molecule has 0 saturated carbocycles. The van der Waals surface area contributed by atoms with E-state index in [4.69, 9.17) is 14.2 Å². The van der Waals surface area contributed by atoms with Crippen molar-refractivity contribution in [2.45, 2.75) is 6.92 Å². The molecular weight excluding hydrogens is 388 g/mol. The zero-order chi connectivity index (χ0) is 18.2. The van der Waals surface area contributed by atoms with Crippen LogP contribution < -0.4 is 19.6 Å². The van der Waals surface area contributed by atoms with Crippen molar-refractivity contribution in [2.24, 2.45) is 5.10 Å². The number of hydrogen-bond acceptors (Lipinski definition) is 5. The van der Waals surface area contributed by atoms with E-state index in [1.807, 2.05) is 13.0 Å². The fraction of sp³-hybridized carbons (Fsp3) is 0.222. The lowest BCUT2D eigenvalue weighted by molar-refractivity contribution is 0.0952. The minimum atomic E-state index is -0.368. The molecule has 2 aromatic carbocycles. The molecule has 6 nitrogen and oxygen atoms in total. The van der Waals surface area contributed by atoms with Crippen molar-refractivity contribution in [3.63, 3.8) is 0 Å². The Labute approximate surface area is 154 Å². The third kappa shape index (κ3) is 4.96. The zero-order valence-electron chi connectivity index (χ0n) is 14.2. The van der Waals surface area contributed by atoms with Crippen LogP contribution in [0.4, 0.5) is 0 Å². The minimum Gasteiger partial charge on any atom is -0.496 e. The second-order valence-corrected chi connectivity index (χ2v) is 5.80. The molecule has 25 heavy (non-hydrogen) atoms. The topological polar surface area (TPSA) is 69.2 Å². The highest BCUT2D eigenvalue weighted by Crippen LogP contribution is 2.27. The van der Waals surface area contributed by atoms with Crippen molar-refractivity contribution < 1.29 is 19.0 Å². The number of nitrogens with zero attached hydrogens (tertiary/aromatic N) is 1. The van der Waals surface area contributed by atoms with E-state index >= 15 is 0 Å². The monoisotopic (exact) mass is 406 g/mol. The highest BCUT2D eigenvalue weighted by molar-refractivity contribution is 9.10. The molecule has 0 saturated heterocycles. The normalized spacial score (nSPS) is 10.6. The van der Waals surface area contributed by atoms with Crippen molar-refractivity contribution in [2.75, 3.05) is 20.8 Å². The summed E-state index contributed by atoms with van der Waals surface area (Å²) in [4.78, 5) is 12.3. The first-order chi connectivity index (χ1) is 12.1. The summed E-state index contributed by atoms with van der Waals surface area (Å²) in [6.45, 7) is 2.45. The van der Waals surface area contributed by atoms with Gasteiger partial charge in [-0.15, -0.1) is 0 Å². The number of benzene rings is 2. The molecule has 2 rings (SSSR count). The summed E-state index contributed by atoms with van der Waals surface area (Å²) in [5.74, 6) is 1.36. The number of hydrazone groups is 1. The van der Waals surface area contributed by atoms with Crippen LogP contribution in [0.25, 0.3) is 0 Å². The number of halogens is 1. The highest BCUT2D eigenvalue weighted by Gasteiger charge is 2.12. The Morgan fingerprint density at radius 2 is 1.84 bits per heavy atom. The number of ether oxygens (including phenoxy) is 3. The van der Waals surface area contributed by atoms with Gasteiger partial charge < -0.3 is 14.2 Å². The summed E-state index contributed by atoms with van der Waals surface area (Å²) in [5.41, 5.74) is 3.64. The lowest BCUT2D eigenvalue weighted by Gasteiger charge is -2.09. The van der Waals surface area contributed by atoms with E-state index in [1.54, 1.807) is 37.4 Å². The van der Waals surface area contributed by atoms with E-state index in [0.717, 1.165) is 10.0 Å². The van der Waals surface area contributed by atoms with Crippen LogP contribution in [-0.2, 0) is 0 Å². The molecule has 0 aliphatic heterocycles. The Balaban J connectivity index is 2.10. The van der Waals surface area contributed by atoms with E-state index in [1.165, 1.54) is 13.3 Å². The van der Waals surface area contributed by atoms with Crippen LogP contribution in [0, 0.1) is 0 Å². The first-order valence-electron chi connectivity index (χ1n) is 7.56. The fourth-order valence-electron chi connectivity index (χ4n) is 2.12. The summed E-state index contributed by atoms with van der Waals surface area (Å²) < 4.78 is 16.7. The summed E-state index contributed by atoms with van der Waals surface area (Å²) in [5, 5.41) is 3.98. The van der Waals surface area contributed by atoms with Gasteiger partial charge in [0.1, 0.15) is 5.75 Å². The molecule has 0 radical (unpaired) electrons. The first kappa shape index (κ1) is 18.8. The molecule has 0 fully saturated rings. The summed E-state index contributed by atoms with van der Waals surface area (Å²) >= 11 is 3.33. The number of hydrogen-bond donors (Lipinski definition) is 1. The maximum Gasteiger partial charge on any atom is 0.275 e. The molecule has 1 amide bonds. The van der Waals surface area contributed by atoms with E-state index in [0.29, 0.717) is 29.4 Å². The van der Waals surface area contributed by atoms with Crippen LogP contribution in [-0.4, -0.2) is 32.9 Å². The fourth-order valence-corrected chi connectivity index (χ4v) is 2.48. The third-order valence-corrected chi connectivity index (χ3v) is 3.77. The van der Waals surface area contributed by atoms with Crippen LogP contribution in [0.1, 0.15) is 22.8 Å². The van der Waals surface area contributed by atoms with Gasteiger partial charge in [0.05, 0.1) is 32.6 Å².